The van der Waals surface area contributed by atoms with E-state index in [4.69, 9.17) is 5.11 Å². The summed E-state index contributed by atoms with van der Waals surface area (Å²) in [6, 6.07) is 2.24. The SMILES string of the molecule is CCCn1nccc1CN1CC(n2cc(C(=O)O)nn2)C1. The average molecular weight is 290 g/mol. The number of aromatic nitrogens is 5. The van der Waals surface area contributed by atoms with Gasteiger partial charge in [0, 0.05) is 32.4 Å². The number of nitrogens with zero attached hydrogens (tertiary/aromatic N) is 6. The molecular formula is C13H18N6O2. The number of hydrogen-bond donors (Lipinski definition) is 1. The lowest BCUT2D eigenvalue weighted by molar-refractivity contribution is 0.0689. The van der Waals surface area contributed by atoms with Crippen LogP contribution in [0.5, 0.6) is 0 Å². The molecule has 0 bridgehead atoms. The van der Waals surface area contributed by atoms with Crippen molar-refractivity contribution in [2.24, 2.45) is 0 Å². The van der Waals surface area contributed by atoms with Crippen molar-refractivity contribution in [1.29, 1.82) is 0 Å². The van der Waals surface area contributed by atoms with Gasteiger partial charge in [-0.2, -0.15) is 5.10 Å². The van der Waals surface area contributed by atoms with Crippen molar-refractivity contribution in [2.75, 3.05) is 13.1 Å². The summed E-state index contributed by atoms with van der Waals surface area (Å²) >= 11 is 0. The van der Waals surface area contributed by atoms with Crippen LogP contribution in [-0.2, 0) is 13.1 Å². The lowest BCUT2D eigenvalue weighted by Crippen LogP contribution is -2.47. The molecular weight excluding hydrogens is 272 g/mol. The second kappa shape index (κ2) is 5.65. The molecule has 8 nitrogen and oxygen atoms in total. The monoisotopic (exact) mass is 290 g/mol. The predicted molar refractivity (Wildman–Crippen MR) is 73.8 cm³/mol. The van der Waals surface area contributed by atoms with Gasteiger partial charge in [0.1, 0.15) is 0 Å². The quantitative estimate of drug-likeness (QED) is 0.839. The van der Waals surface area contributed by atoms with Crippen LogP contribution in [0.1, 0.15) is 35.6 Å². The number of carboxylic acids is 1. The number of carbonyl (C=O) groups is 1. The van der Waals surface area contributed by atoms with Gasteiger partial charge in [0.15, 0.2) is 5.69 Å². The summed E-state index contributed by atoms with van der Waals surface area (Å²) in [5, 5.41) is 20.7. The molecule has 1 N–H and O–H groups in total. The summed E-state index contributed by atoms with van der Waals surface area (Å²) in [5.41, 5.74) is 1.20. The van der Waals surface area contributed by atoms with Gasteiger partial charge in [0.05, 0.1) is 17.9 Å². The van der Waals surface area contributed by atoms with Crippen molar-refractivity contribution in [1.82, 2.24) is 29.7 Å². The Hall–Kier alpha value is -2.22. The topological polar surface area (TPSA) is 89.1 Å². The summed E-state index contributed by atoms with van der Waals surface area (Å²) in [7, 11) is 0. The molecule has 1 aliphatic rings. The number of rotatable bonds is 6. The first kappa shape index (κ1) is 13.7. The van der Waals surface area contributed by atoms with Crippen LogP contribution in [-0.4, -0.2) is 53.8 Å². The molecule has 1 aliphatic heterocycles. The molecule has 1 saturated heterocycles. The molecule has 8 heteroatoms. The highest BCUT2D eigenvalue weighted by atomic mass is 16.4. The summed E-state index contributed by atoms with van der Waals surface area (Å²) in [6.45, 7) is 5.62. The molecule has 0 aromatic carbocycles. The second-order valence-corrected chi connectivity index (χ2v) is 5.28. The van der Waals surface area contributed by atoms with Crippen LogP contribution in [0.2, 0.25) is 0 Å². The predicted octanol–water partition coefficient (Wildman–Crippen LogP) is 0.640. The van der Waals surface area contributed by atoms with Crippen molar-refractivity contribution >= 4 is 5.97 Å². The second-order valence-electron chi connectivity index (χ2n) is 5.28. The zero-order valence-electron chi connectivity index (χ0n) is 11.9. The van der Waals surface area contributed by atoms with Gasteiger partial charge in [-0.1, -0.05) is 12.1 Å². The Balaban J connectivity index is 1.55. The Labute approximate surface area is 122 Å². The molecule has 21 heavy (non-hydrogen) atoms. The van der Waals surface area contributed by atoms with Crippen molar-refractivity contribution in [3.63, 3.8) is 0 Å². The van der Waals surface area contributed by atoms with Gasteiger partial charge in [-0.05, 0) is 12.5 Å². The van der Waals surface area contributed by atoms with Gasteiger partial charge in [-0.3, -0.25) is 9.58 Å². The van der Waals surface area contributed by atoms with Crippen LogP contribution in [0.25, 0.3) is 0 Å². The first-order valence-corrected chi connectivity index (χ1v) is 7.05. The van der Waals surface area contributed by atoms with Gasteiger partial charge in [0.2, 0.25) is 0 Å². The lowest BCUT2D eigenvalue weighted by atomic mass is 10.1. The van der Waals surface area contributed by atoms with Crippen LogP contribution < -0.4 is 0 Å². The van der Waals surface area contributed by atoms with Crippen LogP contribution in [0.15, 0.2) is 18.5 Å². The van der Waals surface area contributed by atoms with Gasteiger partial charge in [-0.15, -0.1) is 5.10 Å². The van der Waals surface area contributed by atoms with E-state index in [-0.39, 0.29) is 11.7 Å². The van der Waals surface area contributed by atoms with Crippen molar-refractivity contribution in [3.8, 4) is 0 Å². The van der Waals surface area contributed by atoms with E-state index in [9.17, 15) is 4.79 Å². The maximum absolute atomic E-state index is 10.8. The summed E-state index contributed by atoms with van der Waals surface area (Å²) in [4.78, 5) is 13.1. The van der Waals surface area contributed by atoms with E-state index in [0.29, 0.717) is 0 Å². The number of aryl methyl sites for hydroxylation is 1. The fourth-order valence-corrected chi connectivity index (χ4v) is 2.53. The van der Waals surface area contributed by atoms with E-state index >= 15 is 0 Å². The third kappa shape index (κ3) is 2.80. The minimum absolute atomic E-state index is 0.00512. The molecule has 3 heterocycles. The molecule has 0 atom stereocenters. The molecule has 2 aromatic heterocycles. The van der Waals surface area contributed by atoms with E-state index in [2.05, 4.69) is 27.2 Å². The molecule has 1 fully saturated rings. The fourth-order valence-electron chi connectivity index (χ4n) is 2.53. The molecule has 2 aromatic rings. The average Bonchev–Trinajstić information content (AvgIpc) is 3.03. The van der Waals surface area contributed by atoms with E-state index in [1.807, 2.05) is 16.9 Å². The van der Waals surface area contributed by atoms with E-state index in [1.54, 1.807) is 4.68 Å². The summed E-state index contributed by atoms with van der Waals surface area (Å²) in [5.74, 6) is -1.04. The third-order valence-electron chi connectivity index (χ3n) is 3.67. The molecule has 0 spiro atoms. The molecule has 0 radical (unpaired) electrons. The number of hydrogen-bond acceptors (Lipinski definition) is 5. The highest BCUT2D eigenvalue weighted by molar-refractivity contribution is 5.84. The maximum Gasteiger partial charge on any atom is 0.358 e. The first-order valence-electron chi connectivity index (χ1n) is 7.05. The normalized spacial score (nSPS) is 16.0. The Kier molecular flexibility index (Phi) is 3.70. The molecule has 3 rings (SSSR count). The Morgan fingerprint density at radius 1 is 1.48 bits per heavy atom. The van der Waals surface area contributed by atoms with Crippen LogP contribution >= 0.6 is 0 Å². The van der Waals surface area contributed by atoms with Gasteiger partial charge >= 0.3 is 5.97 Å². The van der Waals surface area contributed by atoms with Gasteiger partial charge < -0.3 is 5.11 Å². The number of likely N-dealkylation sites (tertiary alicyclic amines) is 1. The largest absolute Gasteiger partial charge is 0.476 e. The molecule has 0 saturated carbocycles. The van der Waals surface area contributed by atoms with E-state index in [0.717, 1.165) is 32.6 Å². The minimum atomic E-state index is -1.04. The smallest absolute Gasteiger partial charge is 0.358 e. The Bertz CT molecular complexity index is 628. The molecule has 0 aliphatic carbocycles. The highest BCUT2D eigenvalue weighted by Crippen LogP contribution is 2.22. The van der Waals surface area contributed by atoms with E-state index < -0.39 is 5.97 Å². The number of carboxylic acid groups (broad SMARTS) is 1. The van der Waals surface area contributed by atoms with Gasteiger partial charge in [0.25, 0.3) is 0 Å². The fraction of sp³-hybridized carbons (Fsp3) is 0.538. The van der Waals surface area contributed by atoms with Crippen molar-refractivity contribution in [2.45, 2.75) is 32.5 Å². The van der Waals surface area contributed by atoms with Crippen LogP contribution in [0, 0.1) is 0 Å². The zero-order chi connectivity index (χ0) is 14.8. The third-order valence-corrected chi connectivity index (χ3v) is 3.67. The van der Waals surface area contributed by atoms with Gasteiger partial charge in [-0.25, -0.2) is 9.48 Å². The molecule has 112 valence electrons. The number of aromatic carboxylic acids is 1. The van der Waals surface area contributed by atoms with E-state index in [1.165, 1.54) is 11.9 Å². The highest BCUT2D eigenvalue weighted by Gasteiger charge is 2.30. The molecule has 0 unspecified atom stereocenters. The zero-order valence-corrected chi connectivity index (χ0v) is 11.9. The maximum atomic E-state index is 10.8. The minimum Gasteiger partial charge on any atom is -0.476 e. The lowest BCUT2D eigenvalue weighted by Gasteiger charge is -2.38. The summed E-state index contributed by atoms with van der Waals surface area (Å²) < 4.78 is 3.68. The van der Waals surface area contributed by atoms with Crippen LogP contribution in [0.4, 0.5) is 0 Å². The Morgan fingerprint density at radius 3 is 2.95 bits per heavy atom. The standard InChI is InChI=1S/C13H18N6O2/c1-2-5-18-10(3-4-14-18)6-17-7-11(8-17)19-9-12(13(20)21)15-16-19/h3-4,9,11H,2,5-8H2,1H3,(H,20,21). The Morgan fingerprint density at radius 2 is 2.29 bits per heavy atom. The van der Waals surface area contributed by atoms with Crippen LogP contribution in [0.3, 0.4) is 0 Å². The first-order chi connectivity index (χ1) is 10.2. The van der Waals surface area contributed by atoms with Crippen molar-refractivity contribution in [3.05, 3.63) is 29.8 Å². The van der Waals surface area contributed by atoms with Crippen molar-refractivity contribution < 1.29 is 9.90 Å². The summed E-state index contributed by atoms with van der Waals surface area (Å²) in [6.07, 6.45) is 4.39. The molecule has 0 amide bonds.